The zero-order chi connectivity index (χ0) is 15.8. The molecule has 0 saturated carbocycles. The van der Waals surface area contributed by atoms with Crippen molar-refractivity contribution >= 4 is 11.8 Å². The van der Waals surface area contributed by atoms with Crippen molar-refractivity contribution in [3.63, 3.8) is 0 Å². The molecule has 0 saturated heterocycles. The molecule has 0 atom stereocenters. The molecule has 0 fully saturated rings. The summed E-state index contributed by atoms with van der Waals surface area (Å²) < 4.78 is 42.9. The Bertz CT molecular complexity index is 630. The summed E-state index contributed by atoms with van der Waals surface area (Å²) in [5, 5.41) is 10.1. The zero-order valence-corrected chi connectivity index (χ0v) is 12.3. The molecule has 7 nitrogen and oxygen atoms in total. The van der Waals surface area contributed by atoms with Crippen molar-refractivity contribution in [1.29, 1.82) is 0 Å². The summed E-state index contributed by atoms with van der Waals surface area (Å²) in [6.07, 6.45) is -4.65. The first-order valence-corrected chi connectivity index (χ1v) is 6.81. The average molecular weight is 322 g/mol. The molecule has 0 aliphatic rings. The first-order chi connectivity index (χ1) is 9.59. The number of rotatable bonds is 3. The van der Waals surface area contributed by atoms with Gasteiger partial charge in [0.15, 0.2) is 5.82 Å². The van der Waals surface area contributed by atoms with Gasteiger partial charge in [-0.15, -0.1) is 10.2 Å². The van der Waals surface area contributed by atoms with E-state index in [0.29, 0.717) is 10.5 Å². The van der Waals surface area contributed by atoms with Crippen molar-refractivity contribution in [3.8, 4) is 0 Å². The highest BCUT2D eigenvalue weighted by Gasteiger charge is 2.38. The van der Waals surface area contributed by atoms with Gasteiger partial charge in [0.25, 0.3) is 5.82 Å². The Morgan fingerprint density at radius 2 is 1.90 bits per heavy atom. The molecule has 2 N–H and O–H groups in total. The fraction of sp³-hybridized carbons (Fsp3) is 0.600. The SMILES string of the molecule is CC(C)(C)c1noc(CSc2nnc(C(F)(F)F)n2N)n1. The van der Waals surface area contributed by atoms with E-state index in [1.807, 2.05) is 20.8 Å². The summed E-state index contributed by atoms with van der Waals surface area (Å²) in [7, 11) is 0. The van der Waals surface area contributed by atoms with Crippen LogP contribution in [0.1, 0.15) is 38.3 Å². The van der Waals surface area contributed by atoms with Gasteiger partial charge in [0.2, 0.25) is 11.0 Å². The first-order valence-electron chi connectivity index (χ1n) is 5.82. The number of thioether (sulfide) groups is 1. The third kappa shape index (κ3) is 3.46. The summed E-state index contributed by atoms with van der Waals surface area (Å²) in [6, 6.07) is 0. The Kier molecular flexibility index (Phi) is 3.87. The third-order valence-electron chi connectivity index (χ3n) is 2.38. The average Bonchev–Trinajstić information content (AvgIpc) is 2.91. The molecule has 116 valence electrons. The van der Waals surface area contributed by atoms with E-state index in [4.69, 9.17) is 10.4 Å². The molecule has 0 aromatic carbocycles. The van der Waals surface area contributed by atoms with Gasteiger partial charge >= 0.3 is 6.18 Å². The van der Waals surface area contributed by atoms with Crippen molar-refractivity contribution in [2.75, 3.05) is 5.84 Å². The van der Waals surface area contributed by atoms with Gasteiger partial charge in [-0.2, -0.15) is 18.2 Å². The quantitative estimate of drug-likeness (QED) is 0.682. The second-order valence-electron chi connectivity index (χ2n) is 5.22. The Morgan fingerprint density at radius 3 is 2.38 bits per heavy atom. The zero-order valence-electron chi connectivity index (χ0n) is 11.5. The molecule has 2 rings (SSSR count). The molecule has 0 aliphatic carbocycles. The van der Waals surface area contributed by atoms with Gasteiger partial charge in [-0.25, -0.2) is 4.68 Å². The minimum atomic E-state index is -4.65. The summed E-state index contributed by atoms with van der Waals surface area (Å²) >= 11 is 0.929. The van der Waals surface area contributed by atoms with Crippen LogP contribution in [-0.2, 0) is 17.3 Å². The monoisotopic (exact) mass is 322 g/mol. The number of nitrogen functional groups attached to an aromatic ring is 1. The van der Waals surface area contributed by atoms with E-state index < -0.39 is 12.0 Å². The molecule has 2 heterocycles. The van der Waals surface area contributed by atoms with Crippen molar-refractivity contribution in [3.05, 3.63) is 17.5 Å². The number of nitrogens with two attached hydrogens (primary N) is 1. The lowest BCUT2D eigenvalue weighted by molar-refractivity contribution is -0.146. The summed E-state index contributed by atoms with van der Waals surface area (Å²) in [5.74, 6) is 5.00. The van der Waals surface area contributed by atoms with Crippen LogP contribution in [0.25, 0.3) is 0 Å². The predicted molar refractivity (Wildman–Crippen MR) is 67.7 cm³/mol. The molecule has 11 heteroatoms. The van der Waals surface area contributed by atoms with Crippen molar-refractivity contribution in [2.45, 2.75) is 43.3 Å². The van der Waals surface area contributed by atoms with Crippen LogP contribution in [0.3, 0.4) is 0 Å². The number of hydrogen-bond acceptors (Lipinski definition) is 7. The van der Waals surface area contributed by atoms with Crippen molar-refractivity contribution < 1.29 is 17.7 Å². The van der Waals surface area contributed by atoms with Crippen LogP contribution in [0, 0.1) is 0 Å². The van der Waals surface area contributed by atoms with E-state index in [1.165, 1.54) is 0 Å². The first kappa shape index (κ1) is 15.6. The standard InChI is InChI=1S/C10H13F3N6OS/c1-9(2,3)6-15-5(20-18-6)4-21-8-17-16-7(19(8)14)10(11,12)13/h4,14H2,1-3H3. The second kappa shape index (κ2) is 5.20. The molecule has 0 amide bonds. The molecular weight excluding hydrogens is 309 g/mol. The van der Waals surface area contributed by atoms with Crippen LogP contribution >= 0.6 is 11.8 Å². The predicted octanol–water partition coefficient (Wildman–Crippen LogP) is 1.98. The minimum Gasteiger partial charge on any atom is -0.338 e. The van der Waals surface area contributed by atoms with E-state index in [-0.39, 0.29) is 22.2 Å². The molecular formula is C10H13F3N6OS. The molecule has 2 aromatic heterocycles. The van der Waals surface area contributed by atoms with Crippen molar-refractivity contribution in [1.82, 2.24) is 25.0 Å². The minimum absolute atomic E-state index is 0.0853. The number of alkyl halides is 3. The lowest BCUT2D eigenvalue weighted by Gasteiger charge is -2.10. The molecule has 0 aliphatic heterocycles. The summed E-state index contributed by atoms with van der Waals surface area (Å²) in [6.45, 7) is 5.75. The van der Waals surface area contributed by atoms with Crippen LogP contribution < -0.4 is 5.84 Å². The van der Waals surface area contributed by atoms with E-state index in [1.54, 1.807) is 0 Å². The van der Waals surface area contributed by atoms with E-state index >= 15 is 0 Å². The highest BCUT2D eigenvalue weighted by Crippen LogP contribution is 2.29. The molecule has 0 unspecified atom stereocenters. The summed E-state index contributed by atoms with van der Waals surface area (Å²) in [4.78, 5) is 4.16. The van der Waals surface area contributed by atoms with Gasteiger partial charge in [-0.1, -0.05) is 37.7 Å². The van der Waals surface area contributed by atoms with Crippen LogP contribution in [0.4, 0.5) is 13.2 Å². The number of hydrogen-bond donors (Lipinski definition) is 1. The normalized spacial score (nSPS) is 12.9. The van der Waals surface area contributed by atoms with Crippen LogP contribution in [0.2, 0.25) is 0 Å². The third-order valence-corrected chi connectivity index (χ3v) is 3.31. The van der Waals surface area contributed by atoms with Gasteiger partial charge in [0.05, 0.1) is 5.75 Å². The lowest BCUT2D eigenvalue weighted by atomic mass is 9.96. The fourth-order valence-electron chi connectivity index (χ4n) is 1.31. The number of aromatic nitrogens is 5. The molecule has 0 spiro atoms. The van der Waals surface area contributed by atoms with Gasteiger partial charge in [0, 0.05) is 5.41 Å². The molecule has 21 heavy (non-hydrogen) atoms. The molecule has 0 bridgehead atoms. The Labute approximate surface area is 122 Å². The largest absolute Gasteiger partial charge is 0.453 e. The smallest absolute Gasteiger partial charge is 0.338 e. The van der Waals surface area contributed by atoms with E-state index in [0.717, 1.165) is 11.8 Å². The Hall–Kier alpha value is -1.78. The van der Waals surface area contributed by atoms with Gasteiger partial charge in [0.1, 0.15) is 0 Å². The van der Waals surface area contributed by atoms with E-state index in [9.17, 15) is 13.2 Å². The van der Waals surface area contributed by atoms with Gasteiger partial charge < -0.3 is 10.4 Å². The number of halogens is 3. The topological polar surface area (TPSA) is 95.7 Å². The highest BCUT2D eigenvalue weighted by molar-refractivity contribution is 7.98. The summed E-state index contributed by atoms with van der Waals surface area (Å²) in [5.41, 5.74) is -0.274. The maximum atomic E-state index is 12.5. The maximum Gasteiger partial charge on any atom is 0.453 e. The van der Waals surface area contributed by atoms with Gasteiger partial charge in [-0.3, -0.25) is 0 Å². The maximum absolute atomic E-state index is 12.5. The molecule has 0 radical (unpaired) electrons. The highest BCUT2D eigenvalue weighted by atomic mass is 32.2. The van der Waals surface area contributed by atoms with Crippen LogP contribution in [0.15, 0.2) is 9.68 Å². The number of nitrogens with zero attached hydrogens (tertiary/aromatic N) is 5. The second-order valence-corrected chi connectivity index (χ2v) is 6.17. The van der Waals surface area contributed by atoms with Crippen LogP contribution in [-0.4, -0.2) is 25.0 Å². The molecule has 2 aromatic rings. The van der Waals surface area contributed by atoms with E-state index in [2.05, 4.69) is 20.3 Å². The Morgan fingerprint density at radius 1 is 1.24 bits per heavy atom. The van der Waals surface area contributed by atoms with Crippen LogP contribution in [0.5, 0.6) is 0 Å². The van der Waals surface area contributed by atoms with Gasteiger partial charge in [-0.05, 0) is 0 Å². The lowest BCUT2D eigenvalue weighted by Crippen LogP contribution is -2.21. The Balaban J connectivity index is 2.07. The fourth-order valence-corrected chi connectivity index (χ4v) is 2.01. The van der Waals surface area contributed by atoms with Crippen molar-refractivity contribution in [2.24, 2.45) is 0 Å².